The Kier molecular flexibility index (Phi) is 5.35. The second-order valence-corrected chi connectivity index (χ2v) is 10.5. The highest BCUT2D eigenvalue weighted by atomic mass is 32.2. The van der Waals surface area contributed by atoms with Crippen molar-refractivity contribution in [1.29, 1.82) is 0 Å². The number of methoxy groups -OCH3 is 1. The van der Waals surface area contributed by atoms with Gasteiger partial charge >= 0.3 is 11.7 Å². The van der Waals surface area contributed by atoms with Crippen LogP contribution in [0.15, 0.2) is 47.5 Å². The minimum Gasteiger partial charge on any atom is -0.508 e. The molecule has 1 aromatic heterocycles. The van der Waals surface area contributed by atoms with Gasteiger partial charge in [-0.1, -0.05) is 11.8 Å². The Morgan fingerprint density at radius 1 is 1.13 bits per heavy atom. The first kappa shape index (κ1) is 21.5. The van der Waals surface area contributed by atoms with Gasteiger partial charge in [0.15, 0.2) is 0 Å². The number of carbonyl (C=O) groups excluding carboxylic acids is 1. The van der Waals surface area contributed by atoms with E-state index in [4.69, 9.17) is 19.5 Å². The Morgan fingerprint density at radius 3 is 2.48 bits per heavy atom. The van der Waals surface area contributed by atoms with Crippen LogP contribution in [-0.2, 0) is 9.53 Å². The molecule has 9 heteroatoms. The molecule has 0 amide bonds. The summed E-state index contributed by atoms with van der Waals surface area (Å²) in [4.78, 5) is 24.5. The molecular weight excluding hydrogens is 434 g/mol. The first-order valence-electron chi connectivity index (χ1n) is 9.59. The van der Waals surface area contributed by atoms with Gasteiger partial charge in [0.25, 0.3) is 0 Å². The number of hydrogen-bond acceptors (Lipinski definition) is 9. The zero-order valence-electron chi connectivity index (χ0n) is 17.9. The van der Waals surface area contributed by atoms with Crippen molar-refractivity contribution in [3.8, 4) is 11.5 Å². The number of esters is 1. The number of nitrogens with zero attached hydrogens (tertiary/aromatic N) is 3. The molecule has 2 heterocycles. The molecule has 1 aliphatic heterocycles. The lowest BCUT2D eigenvalue weighted by Crippen LogP contribution is -2.55. The summed E-state index contributed by atoms with van der Waals surface area (Å²) < 4.78 is 11.5. The molecular formula is C22H23N3O4S2. The van der Waals surface area contributed by atoms with Crippen molar-refractivity contribution in [3.63, 3.8) is 0 Å². The molecule has 1 N–H and O–H groups in total. The van der Waals surface area contributed by atoms with Gasteiger partial charge in [0.05, 0.1) is 22.1 Å². The highest BCUT2D eigenvalue weighted by molar-refractivity contribution is 8.16. The Bertz CT molecular complexity index is 1170. The lowest BCUT2D eigenvalue weighted by Gasteiger charge is -2.35. The second-order valence-electron chi connectivity index (χ2n) is 7.83. The molecule has 31 heavy (non-hydrogen) atoms. The van der Waals surface area contributed by atoms with Gasteiger partial charge in [0.2, 0.25) is 0 Å². The van der Waals surface area contributed by atoms with Crippen LogP contribution in [-0.4, -0.2) is 52.8 Å². The summed E-state index contributed by atoms with van der Waals surface area (Å²) >= 11 is 2.96. The average Bonchev–Trinajstić information content (AvgIpc) is 3.27. The predicted octanol–water partition coefficient (Wildman–Crippen LogP) is 4.29. The van der Waals surface area contributed by atoms with Crippen LogP contribution in [0.2, 0.25) is 0 Å². The molecule has 0 fully saturated rings. The number of aromatic hydroxyl groups is 1. The zero-order chi connectivity index (χ0) is 22.4. The SMILES string of the molecule is COC(=O)C1(Oc2ccc(O)cc2)N=C(c2nc3ccc(N(C)C)cc3s2)SC1(C)C. The number of thioether (sulfide) groups is 1. The van der Waals surface area contributed by atoms with Crippen LogP contribution in [0.1, 0.15) is 18.9 Å². The van der Waals surface area contributed by atoms with Gasteiger partial charge in [-0.15, -0.1) is 11.3 Å². The third-order valence-electron chi connectivity index (χ3n) is 5.06. The van der Waals surface area contributed by atoms with Gasteiger partial charge in [-0.2, -0.15) is 0 Å². The number of ether oxygens (including phenoxy) is 2. The van der Waals surface area contributed by atoms with E-state index in [1.165, 1.54) is 42.3 Å². The molecule has 7 nitrogen and oxygen atoms in total. The van der Waals surface area contributed by atoms with Crippen LogP contribution in [0.25, 0.3) is 10.2 Å². The quantitative estimate of drug-likeness (QED) is 0.572. The van der Waals surface area contributed by atoms with Crippen molar-refractivity contribution >= 4 is 50.0 Å². The Balaban J connectivity index is 1.79. The van der Waals surface area contributed by atoms with E-state index < -0.39 is 16.4 Å². The average molecular weight is 458 g/mol. The van der Waals surface area contributed by atoms with Crippen LogP contribution in [0.4, 0.5) is 5.69 Å². The number of carbonyl (C=O) groups is 1. The van der Waals surface area contributed by atoms with E-state index in [-0.39, 0.29) is 5.75 Å². The molecule has 0 radical (unpaired) electrons. The number of aliphatic imine (C=N–C) groups is 1. The van der Waals surface area contributed by atoms with Crippen molar-refractivity contribution in [2.24, 2.45) is 4.99 Å². The summed E-state index contributed by atoms with van der Waals surface area (Å²) in [5, 5.41) is 10.9. The van der Waals surface area contributed by atoms with Crippen molar-refractivity contribution in [3.05, 3.63) is 47.5 Å². The Labute approximate surface area is 188 Å². The zero-order valence-corrected chi connectivity index (χ0v) is 19.5. The van der Waals surface area contributed by atoms with E-state index in [0.29, 0.717) is 10.8 Å². The van der Waals surface area contributed by atoms with E-state index in [2.05, 4.69) is 6.07 Å². The Morgan fingerprint density at radius 2 is 1.84 bits per heavy atom. The molecule has 1 aliphatic rings. The standard InChI is InChI=1S/C22H23N3O4S2/c1-21(2)22(20(27)28-5,29-15-9-7-14(26)8-10-15)24-19(31-21)18-23-16-11-6-13(25(3)4)12-17(16)30-18/h6-12,26H,1-5H3. The van der Waals surface area contributed by atoms with E-state index in [1.54, 1.807) is 12.1 Å². The first-order valence-corrected chi connectivity index (χ1v) is 11.2. The second kappa shape index (κ2) is 7.72. The number of rotatable bonds is 5. The number of thiazole rings is 1. The number of fused-ring (bicyclic) bond motifs is 1. The highest BCUT2D eigenvalue weighted by Crippen LogP contribution is 2.49. The molecule has 0 spiro atoms. The highest BCUT2D eigenvalue weighted by Gasteiger charge is 2.61. The van der Waals surface area contributed by atoms with Crippen molar-refractivity contribution in [2.75, 3.05) is 26.1 Å². The third kappa shape index (κ3) is 3.72. The third-order valence-corrected chi connectivity index (χ3v) is 7.48. The molecule has 0 saturated carbocycles. The van der Waals surface area contributed by atoms with Crippen LogP contribution in [0.5, 0.6) is 11.5 Å². The van der Waals surface area contributed by atoms with Crippen molar-refractivity contribution in [2.45, 2.75) is 24.3 Å². The smallest absolute Gasteiger partial charge is 0.375 e. The number of phenols is 1. The fourth-order valence-corrected chi connectivity index (χ4v) is 5.52. The number of phenolic OH excluding ortho intramolecular Hbond substituents is 1. The maximum absolute atomic E-state index is 13.0. The van der Waals surface area contributed by atoms with Crippen molar-refractivity contribution < 1.29 is 19.4 Å². The molecule has 0 bridgehead atoms. The van der Waals surface area contributed by atoms with Gasteiger partial charge in [-0.05, 0) is 56.3 Å². The summed E-state index contributed by atoms with van der Waals surface area (Å²) in [6.07, 6.45) is 0. The minimum atomic E-state index is -1.59. The Hall–Kier alpha value is -2.78. The van der Waals surface area contributed by atoms with Gasteiger partial charge in [0, 0.05) is 19.8 Å². The minimum absolute atomic E-state index is 0.107. The van der Waals surface area contributed by atoms with Crippen LogP contribution < -0.4 is 9.64 Å². The van der Waals surface area contributed by atoms with Crippen molar-refractivity contribution in [1.82, 2.24) is 4.98 Å². The van der Waals surface area contributed by atoms with Crippen LogP contribution >= 0.6 is 23.1 Å². The van der Waals surface area contributed by atoms with Gasteiger partial charge in [-0.3, -0.25) is 0 Å². The van der Waals surface area contributed by atoms with Crippen LogP contribution in [0.3, 0.4) is 0 Å². The van der Waals surface area contributed by atoms with Gasteiger partial charge in [0.1, 0.15) is 21.6 Å². The summed E-state index contributed by atoms with van der Waals surface area (Å²) in [7, 11) is 5.31. The lowest BCUT2D eigenvalue weighted by atomic mass is 9.98. The number of anilines is 1. The molecule has 4 rings (SSSR count). The molecule has 3 aromatic rings. The predicted molar refractivity (Wildman–Crippen MR) is 126 cm³/mol. The summed E-state index contributed by atoms with van der Waals surface area (Å²) in [6, 6.07) is 12.3. The maximum atomic E-state index is 13.0. The summed E-state index contributed by atoms with van der Waals surface area (Å²) in [6.45, 7) is 3.78. The fraction of sp³-hybridized carbons (Fsp3) is 0.318. The summed E-state index contributed by atoms with van der Waals surface area (Å²) in [5.74, 6) is -0.0823. The van der Waals surface area contributed by atoms with E-state index in [0.717, 1.165) is 20.9 Å². The van der Waals surface area contributed by atoms with Gasteiger partial charge < -0.3 is 19.5 Å². The van der Waals surface area contributed by atoms with Gasteiger partial charge in [-0.25, -0.2) is 14.8 Å². The maximum Gasteiger partial charge on any atom is 0.375 e. The molecule has 1 atom stereocenters. The topological polar surface area (TPSA) is 84.2 Å². The largest absolute Gasteiger partial charge is 0.508 e. The summed E-state index contributed by atoms with van der Waals surface area (Å²) in [5.41, 5.74) is 0.371. The number of hydrogen-bond donors (Lipinski definition) is 1. The normalized spacial score (nSPS) is 19.8. The molecule has 1 unspecified atom stereocenters. The molecule has 162 valence electrons. The number of benzene rings is 2. The van der Waals surface area contributed by atoms with Crippen LogP contribution in [0, 0.1) is 0 Å². The fourth-order valence-electron chi connectivity index (χ4n) is 3.29. The monoisotopic (exact) mass is 457 g/mol. The van der Waals surface area contributed by atoms with E-state index in [1.807, 2.05) is 45.0 Å². The van der Waals surface area contributed by atoms with E-state index in [9.17, 15) is 9.90 Å². The molecule has 0 saturated heterocycles. The lowest BCUT2D eigenvalue weighted by molar-refractivity contribution is -0.160. The number of aromatic nitrogens is 1. The molecule has 2 aromatic carbocycles. The molecule has 0 aliphatic carbocycles. The first-order chi connectivity index (χ1) is 14.6. The van der Waals surface area contributed by atoms with E-state index >= 15 is 0 Å².